The molecule has 1 aliphatic rings. The van der Waals surface area contributed by atoms with Crippen LogP contribution in [0, 0.1) is 0 Å². The van der Waals surface area contributed by atoms with Crippen molar-refractivity contribution in [1.29, 1.82) is 0 Å². The second kappa shape index (κ2) is 6.76. The summed E-state index contributed by atoms with van der Waals surface area (Å²) in [5.74, 6) is 1.77. The molecule has 130 valence electrons. The summed E-state index contributed by atoms with van der Waals surface area (Å²) < 4.78 is 12.1. The molecule has 3 heterocycles. The highest BCUT2D eigenvalue weighted by atomic mass is 16.5. The van der Waals surface area contributed by atoms with E-state index in [0.29, 0.717) is 29.2 Å². The quantitative estimate of drug-likeness (QED) is 0.729. The Morgan fingerprint density at radius 3 is 2.96 bits per heavy atom. The number of benzene rings is 1. The molecule has 0 spiro atoms. The third-order valence-corrected chi connectivity index (χ3v) is 4.55. The van der Waals surface area contributed by atoms with Crippen LogP contribution in [-0.2, 0) is 24.3 Å². The minimum Gasteiger partial charge on any atom is -0.377 e. The monoisotopic (exact) mass is 340 g/mol. The van der Waals surface area contributed by atoms with E-state index in [-0.39, 0.29) is 5.56 Å². The van der Waals surface area contributed by atoms with Gasteiger partial charge in [-0.15, -0.1) is 0 Å². The third-order valence-electron chi connectivity index (χ3n) is 4.55. The van der Waals surface area contributed by atoms with Crippen molar-refractivity contribution in [3.8, 4) is 11.5 Å². The number of hydrogen-bond donors (Lipinski definition) is 0. The van der Waals surface area contributed by atoms with E-state index in [1.54, 1.807) is 13.2 Å². The molecule has 4 rings (SSSR count). The SMILES string of the molecule is COCc1noc(-c2ccc3c(=O)n4c(nc3c2)CCCCCC4)n1. The molecule has 0 bridgehead atoms. The second-order valence-corrected chi connectivity index (χ2v) is 6.33. The molecule has 3 aromatic rings. The molecule has 0 amide bonds. The Morgan fingerprint density at radius 1 is 1.20 bits per heavy atom. The first kappa shape index (κ1) is 16.0. The van der Waals surface area contributed by atoms with Crippen LogP contribution in [0.2, 0.25) is 0 Å². The Kier molecular flexibility index (Phi) is 4.31. The van der Waals surface area contributed by atoms with Gasteiger partial charge in [0.05, 0.1) is 10.9 Å². The number of aryl methyl sites for hydroxylation is 1. The first-order valence-electron chi connectivity index (χ1n) is 8.61. The smallest absolute Gasteiger partial charge is 0.261 e. The van der Waals surface area contributed by atoms with Gasteiger partial charge in [-0.3, -0.25) is 9.36 Å². The Bertz CT molecular complexity index is 961. The van der Waals surface area contributed by atoms with Crippen LogP contribution >= 0.6 is 0 Å². The molecule has 7 nitrogen and oxygen atoms in total. The molecule has 0 unspecified atom stereocenters. The van der Waals surface area contributed by atoms with E-state index in [2.05, 4.69) is 10.1 Å². The molecule has 1 aromatic carbocycles. The van der Waals surface area contributed by atoms with Crippen molar-refractivity contribution in [2.45, 2.75) is 45.3 Å². The van der Waals surface area contributed by atoms with E-state index < -0.39 is 0 Å². The van der Waals surface area contributed by atoms with Gasteiger partial charge in [-0.05, 0) is 31.0 Å². The highest BCUT2D eigenvalue weighted by molar-refractivity contribution is 5.82. The number of nitrogens with zero attached hydrogens (tertiary/aromatic N) is 4. The first-order valence-corrected chi connectivity index (χ1v) is 8.61. The predicted molar refractivity (Wildman–Crippen MR) is 92.2 cm³/mol. The molecule has 1 aliphatic heterocycles. The number of ether oxygens (including phenoxy) is 1. The average molecular weight is 340 g/mol. The molecule has 25 heavy (non-hydrogen) atoms. The number of methoxy groups -OCH3 is 1. The van der Waals surface area contributed by atoms with Crippen molar-refractivity contribution < 1.29 is 9.26 Å². The fourth-order valence-corrected chi connectivity index (χ4v) is 3.29. The highest BCUT2D eigenvalue weighted by Gasteiger charge is 2.15. The average Bonchev–Trinajstić information content (AvgIpc) is 3.05. The summed E-state index contributed by atoms with van der Waals surface area (Å²) in [5, 5.41) is 4.50. The summed E-state index contributed by atoms with van der Waals surface area (Å²) in [6.45, 7) is 1.05. The molecule has 7 heteroatoms. The molecule has 0 saturated carbocycles. The van der Waals surface area contributed by atoms with Crippen LogP contribution in [0.1, 0.15) is 37.3 Å². The van der Waals surface area contributed by atoms with Crippen molar-refractivity contribution >= 4 is 10.9 Å². The van der Waals surface area contributed by atoms with Gasteiger partial charge in [-0.25, -0.2) is 4.98 Å². The number of rotatable bonds is 3. The van der Waals surface area contributed by atoms with E-state index in [4.69, 9.17) is 14.2 Å². The zero-order chi connectivity index (χ0) is 17.2. The summed E-state index contributed by atoms with van der Waals surface area (Å²) >= 11 is 0. The summed E-state index contributed by atoms with van der Waals surface area (Å²) in [4.78, 5) is 21.9. The topological polar surface area (TPSA) is 83.0 Å². The van der Waals surface area contributed by atoms with Crippen LogP contribution in [0.4, 0.5) is 0 Å². The summed E-state index contributed by atoms with van der Waals surface area (Å²) in [6.07, 6.45) is 5.31. The van der Waals surface area contributed by atoms with Gasteiger partial charge in [-0.2, -0.15) is 4.98 Å². The Balaban J connectivity index is 1.79. The van der Waals surface area contributed by atoms with Gasteiger partial charge in [0.25, 0.3) is 11.4 Å². The number of aromatic nitrogens is 4. The molecule has 0 N–H and O–H groups in total. The summed E-state index contributed by atoms with van der Waals surface area (Å²) in [7, 11) is 1.58. The number of fused-ring (bicyclic) bond motifs is 2. The fourth-order valence-electron chi connectivity index (χ4n) is 3.29. The standard InChI is InChI=1S/C18H20N4O3/c1-24-11-15-20-17(25-21-15)12-7-8-13-14(10-12)19-16-6-4-2-3-5-9-22(16)18(13)23/h7-8,10H,2-6,9,11H2,1H3. The van der Waals surface area contributed by atoms with Crippen LogP contribution in [-0.4, -0.2) is 26.8 Å². The Hall–Kier alpha value is -2.54. The van der Waals surface area contributed by atoms with Gasteiger partial charge < -0.3 is 9.26 Å². The molecule has 0 aliphatic carbocycles. The van der Waals surface area contributed by atoms with Crippen LogP contribution in [0.25, 0.3) is 22.4 Å². The van der Waals surface area contributed by atoms with E-state index in [1.807, 2.05) is 16.7 Å². The van der Waals surface area contributed by atoms with Crippen molar-refractivity contribution in [2.75, 3.05) is 7.11 Å². The highest BCUT2D eigenvalue weighted by Crippen LogP contribution is 2.22. The normalized spacial score (nSPS) is 14.9. The Labute approximate surface area is 144 Å². The van der Waals surface area contributed by atoms with Crippen molar-refractivity contribution in [3.05, 3.63) is 40.2 Å². The van der Waals surface area contributed by atoms with E-state index in [9.17, 15) is 4.79 Å². The molecule has 0 atom stereocenters. The molecule has 2 aromatic heterocycles. The lowest BCUT2D eigenvalue weighted by Crippen LogP contribution is -2.26. The van der Waals surface area contributed by atoms with Crippen LogP contribution < -0.4 is 5.56 Å². The second-order valence-electron chi connectivity index (χ2n) is 6.33. The predicted octanol–water partition coefficient (Wildman–Crippen LogP) is 2.71. The van der Waals surface area contributed by atoms with Gasteiger partial charge in [0, 0.05) is 25.6 Å². The maximum atomic E-state index is 12.8. The van der Waals surface area contributed by atoms with Crippen LogP contribution in [0.5, 0.6) is 0 Å². The molecule has 0 fully saturated rings. The van der Waals surface area contributed by atoms with Gasteiger partial charge >= 0.3 is 0 Å². The Morgan fingerprint density at radius 2 is 2.08 bits per heavy atom. The van der Waals surface area contributed by atoms with Crippen molar-refractivity contribution in [3.63, 3.8) is 0 Å². The maximum absolute atomic E-state index is 12.8. The van der Waals surface area contributed by atoms with E-state index in [1.165, 1.54) is 12.8 Å². The van der Waals surface area contributed by atoms with Gasteiger partial charge in [0.15, 0.2) is 5.82 Å². The third kappa shape index (κ3) is 3.07. The van der Waals surface area contributed by atoms with Gasteiger partial charge in [-0.1, -0.05) is 18.0 Å². The van der Waals surface area contributed by atoms with Gasteiger partial charge in [0.2, 0.25) is 0 Å². The van der Waals surface area contributed by atoms with Crippen molar-refractivity contribution in [1.82, 2.24) is 19.7 Å². The zero-order valence-corrected chi connectivity index (χ0v) is 14.2. The lowest BCUT2D eigenvalue weighted by molar-refractivity contribution is 0.174. The molecule has 0 radical (unpaired) electrons. The fraction of sp³-hybridized carbons (Fsp3) is 0.444. The van der Waals surface area contributed by atoms with E-state index in [0.717, 1.165) is 37.2 Å². The maximum Gasteiger partial charge on any atom is 0.261 e. The van der Waals surface area contributed by atoms with Crippen LogP contribution in [0.3, 0.4) is 0 Å². The lowest BCUT2D eigenvalue weighted by Gasteiger charge is -2.16. The zero-order valence-electron chi connectivity index (χ0n) is 14.2. The molecular formula is C18H20N4O3. The lowest BCUT2D eigenvalue weighted by atomic mass is 10.1. The number of hydrogen-bond acceptors (Lipinski definition) is 6. The molecular weight excluding hydrogens is 320 g/mol. The van der Waals surface area contributed by atoms with Gasteiger partial charge in [0.1, 0.15) is 12.4 Å². The van der Waals surface area contributed by atoms with E-state index >= 15 is 0 Å². The van der Waals surface area contributed by atoms with Crippen molar-refractivity contribution in [2.24, 2.45) is 0 Å². The molecule has 0 saturated heterocycles. The first-order chi connectivity index (χ1) is 12.3. The largest absolute Gasteiger partial charge is 0.377 e. The van der Waals surface area contributed by atoms with Crippen LogP contribution in [0.15, 0.2) is 27.5 Å². The minimum atomic E-state index is 0.0408. The summed E-state index contributed by atoms with van der Waals surface area (Å²) in [5.41, 5.74) is 1.48. The minimum absolute atomic E-state index is 0.0408. The summed E-state index contributed by atoms with van der Waals surface area (Å²) in [6, 6.07) is 5.47.